The van der Waals surface area contributed by atoms with Gasteiger partial charge in [-0.15, -0.1) is 0 Å². The summed E-state index contributed by atoms with van der Waals surface area (Å²) >= 11 is 0. The lowest BCUT2D eigenvalue weighted by Gasteiger charge is -2.04. The smallest absolute Gasteiger partial charge is 0.337 e. The summed E-state index contributed by atoms with van der Waals surface area (Å²) < 4.78 is 9.49. The Kier molecular flexibility index (Phi) is 6.19. The molecular formula is C9H14O5. The minimum absolute atomic E-state index is 0.0150. The summed E-state index contributed by atoms with van der Waals surface area (Å²) in [7, 11) is 0. The predicted octanol–water partition coefficient (Wildman–Crippen LogP) is 0.945. The van der Waals surface area contributed by atoms with E-state index in [4.69, 9.17) is 9.84 Å². The van der Waals surface area contributed by atoms with Crippen molar-refractivity contribution < 1.29 is 24.2 Å². The molecule has 0 aromatic heterocycles. The lowest BCUT2D eigenvalue weighted by atomic mass is 10.2. The molecule has 5 heteroatoms. The number of carbonyl (C=O) groups is 2. The summed E-state index contributed by atoms with van der Waals surface area (Å²) in [4.78, 5) is 21.5. The molecule has 80 valence electrons. The van der Waals surface area contributed by atoms with Gasteiger partial charge in [-0.1, -0.05) is 0 Å². The zero-order valence-electron chi connectivity index (χ0n) is 8.28. The Bertz CT molecular complexity index is 231. The Morgan fingerprint density at radius 2 is 1.93 bits per heavy atom. The lowest BCUT2D eigenvalue weighted by Crippen LogP contribution is -2.11. The summed E-state index contributed by atoms with van der Waals surface area (Å²) in [5.74, 6) is -1.74. The van der Waals surface area contributed by atoms with Crippen LogP contribution in [-0.4, -0.2) is 30.3 Å². The Balaban J connectivity index is 4.37. The summed E-state index contributed by atoms with van der Waals surface area (Å²) in [5.41, 5.74) is 0.0150. The van der Waals surface area contributed by atoms with E-state index in [1.165, 1.54) is 0 Å². The monoisotopic (exact) mass is 202 g/mol. The van der Waals surface area contributed by atoms with Crippen molar-refractivity contribution >= 4 is 11.9 Å². The normalized spacial score (nSPS) is 10.9. The average Bonchev–Trinajstić information content (AvgIpc) is 2.12. The summed E-state index contributed by atoms with van der Waals surface area (Å²) in [5, 5.41) is 8.50. The molecule has 0 atom stereocenters. The van der Waals surface area contributed by atoms with Crippen LogP contribution in [0, 0.1) is 0 Å². The Morgan fingerprint density at radius 3 is 2.36 bits per heavy atom. The van der Waals surface area contributed by atoms with Crippen molar-refractivity contribution in [2.45, 2.75) is 20.3 Å². The molecule has 0 heterocycles. The zero-order chi connectivity index (χ0) is 11.0. The highest BCUT2D eigenvalue weighted by Gasteiger charge is 2.14. The molecule has 0 bridgehead atoms. The van der Waals surface area contributed by atoms with Crippen molar-refractivity contribution in [2.75, 3.05) is 13.2 Å². The molecule has 0 saturated carbocycles. The molecule has 0 aliphatic carbocycles. The molecule has 0 radical (unpaired) electrons. The first-order chi connectivity index (χ1) is 6.61. The number of carboxylic acids is 1. The van der Waals surface area contributed by atoms with Crippen LogP contribution in [0.4, 0.5) is 0 Å². The highest BCUT2D eigenvalue weighted by Crippen LogP contribution is 2.04. The first-order valence-corrected chi connectivity index (χ1v) is 4.31. The Hall–Kier alpha value is -1.52. The second kappa shape index (κ2) is 6.94. The quantitative estimate of drug-likeness (QED) is 0.394. The summed E-state index contributed by atoms with van der Waals surface area (Å²) in [6, 6.07) is 0. The molecule has 0 saturated heterocycles. The van der Waals surface area contributed by atoms with Gasteiger partial charge in [0.25, 0.3) is 0 Å². The van der Waals surface area contributed by atoms with Crippen LogP contribution in [0.3, 0.4) is 0 Å². The minimum atomic E-state index is -1.09. The van der Waals surface area contributed by atoms with Gasteiger partial charge in [-0.2, -0.15) is 0 Å². The molecule has 0 aliphatic rings. The van der Waals surface area contributed by atoms with Crippen LogP contribution in [0.5, 0.6) is 0 Å². The van der Waals surface area contributed by atoms with Crippen LogP contribution < -0.4 is 0 Å². The first kappa shape index (κ1) is 12.5. The number of rotatable bonds is 6. The average molecular weight is 202 g/mol. The van der Waals surface area contributed by atoms with Crippen LogP contribution in [0.25, 0.3) is 0 Å². The minimum Gasteiger partial charge on any atom is -0.501 e. The van der Waals surface area contributed by atoms with E-state index >= 15 is 0 Å². The van der Waals surface area contributed by atoms with Crippen LogP contribution >= 0.6 is 0 Å². The fourth-order valence-corrected chi connectivity index (χ4v) is 0.733. The molecule has 0 aromatic rings. The van der Waals surface area contributed by atoms with Gasteiger partial charge >= 0.3 is 11.9 Å². The van der Waals surface area contributed by atoms with E-state index in [2.05, 4.69) is 4.74 Å². The zero-order valence-corrected chi connectivity index (χ0v) is 8.28. The summed E-state index contributed by atoms with van der Waals surface area (Å²) in [6.07, 6.45) is 0.741. The van der Waals surface area contributed by atoms with Crippen LogP contribution in [-0.2, 0) is 19.1 Å². The van der Waals surface area contributed by atoms with Gasteiger partial charge in [0.1, 0.15) is 0 Å². The number of esters is 1. The SMILES string of the molecule is CCOC=C(CC(=O)O)C(=O)OCC. The number of hydrogen-bond donors (Lipinski definition) is 1. The number of aliphatic carboxylic acids is 1. The van der Waals surface area contributed by atoms with Gasteiger partial charge in [0, 0.05) is 0 Å². The third-order valence-electron chi connectivity index (χ3n) is 1.27. The van der Waals surface area contributed by atoms with Crippen LogP contribution in [0.2, 0.25) is 0 Å². The van der Waals surface area contributed by atoms with Gasteiger partial charge in [-0.3, -0.25) is 4.79 Å². The molecule has 0 aliphatic heterocycles. The first-order valence-electron chi connectivity index (χ1n) is 4.31. The fraction of sp³-hybridized carbons (Fsp3) is 0.556. The topological polar surface area (TPSA) is 72.8 Å². The Labute approximate surface area is 82.3 Å². The molecule has 14 heavy (non-hydrogen) atoms. The number of carbonyl (C=O) groups excluding carboxylic acids is 1. The highest BCUT2D eigenvalue weighted by atomic mass is 16.5. The van der Waals surface area contributed by atoms with Crippen molar-refractivity contribution in [3.8, 4) is 0 Å². The third kappa shape index (κ3) is 5.18. The van der Waals surface area contributed by atoms with E-state index in [1.54, 1.807) is 13.8 Å². The largest absolute Gasteiger partial charge is 0.501 e. The molecule has 1 N–H and O–H groups in total. The number of hydrogen-bond acceptors (Lipinski definition) is 4. The Morgan fingerprint density at radius 1 is 1.29 bits per heavy atom. The van der Waals surface area contributed by atoms with E-state index in [0.717, 1.165) is 6.26 Å². The van der Waals surface area contributed by atoms with E-state index in [0.29, 0.717) is 6.61 Å². The molecule has 5 nitrogen and oxygen atoms in total. The standard InChI is InChI=1S/C9H14O5/c1-3-13-6-7(5-8(10)11)9(12)14-4-2/h6H,3-5H2,1-2H3,(H,10,11). The molecule has 0 aromatic carbocycles. The van der Waals surface area contributed by atoms with Gasteiger partial charge in [-0.05, 0) is 13.8 Å². The van der Waals surface area contributed by atoms with Crippen molar-refractivity contribution in [1.82, 2.24) is 0 Å². The van der Waals surface area contributed by atoms with E-state index in [1.807, 2.05) is 0 Å². The molecule has 0 unspecified atom stereocenters. The van der Waals surface area contributed by atoms with E-state index < -0.39 is 18.4 Å². The number of carboxylic acid groups (broad SMARTS) is 1. The van der Waals surface area contributed by atoms with Crippen molar-refractivity contribution in [2.24, 2.45) is 0 Å². The second-order valence-electron chi connectivity index (χ2n) is 2.39. The van der Waals surface area contributed by atoms with Crippen LogP contribution in [0.15, 0.2) is 11.8 Å². The molecule has 0 spiro atoms. The maximum Gasteiger partial charge on any atom is 0.337 e. The van der Waals surface area contributed by atoms with E-state index in [-0.39, 0.29) is 12.2 Å². The van der Waals surface area contributed by atoms with Gasteiger partial charge in [-0.25, -0.2) is 4.79 Å². The molecular weight excluding hydrogens is 188 g/mol. The molecule has 0 fully saturated rings. The van der Waals surface area contributed by atoms with E-state index in [9.17, 15) is 9.59 Å². The summed E-state index contributed by atoms with van der Waals surface area (Å²) in [6.45, 7) is 3.97. The predicted molar refractivity (Wildman–Crippen MR) is 48.6 cm³/mol. The van der Waals surface area contributed by atoms with Gasteiger partial charge < -0.3 is 14.6 Å². The lowest BCUT2D eigenvalue weighted by molar-refractivity contribution is -0.142. The van der Waals surface area contributed by atoms with Gasteiger partial charge in [0.05, 0.1) is 31.5 Å². The van der Waals surface area contributed by atoms with Gasteiger partial charge in [0.15, 0.2) is 0 Å². The molecule has 0 rings (SSSR count). The van der Waals surface area contributed by atoms with Crippen molar-refractivity contribution in [3.63, 3.8) is 0 Å². The third-order valence-corrected chi connectivity index (χ3v) is 1.27. The molecule has 0 amide bonds. The second-order valence-corrected chi connectivity index (χ2v) is 2.39. The maximum atomic E-state index is 11.2. The maximum absolute atomic E-state index is 11.2. The van der Waals surface area contributed by atoms with Gasteiger partial charge in [0.2, 0.25) is 0 Å². The fourth-order valence-electron chi connectivity index (χ4n) is 0.733. The van der Waals surface area contributed by atoms with Crippen LogP contribution in [0.1, 0.15) is 20.3 Å². The van der Waals surface area contributed by atoms with Crippen molar-refractivity contribution in [3.05, 3.63) is 11.8 Å². The van der Waals surface area contributed by atoms with Crippen molar-refractivity contribution in [1.29, 1.82) is 0 Å². The number of ether oxygens (including phenoxy) is 2. The highest BCUT2D eigenvalue weighted by molar-refractivity contribution is 5.93.